The topological polar surface area (TPSA) is 49.1 Å². The van der Waals surface area contributed by atoms with Gasteiger partial charge in [-0.1, -0.05) is 6.92 Å². The van der Waals surface area contributed by atoms with E-state index in [2.05, 4.69) is 22.9 Å². The summed E-state index contributed by atoms with van der Waals surface area (Å²) in [6, 6.07) is 2.12. The minimum Gasteiger partial charge on any atom is -0.368 e. The minimum absolute atomic E-state index is 0.0905. The van der Waals surface area contributed by atoms with E-state index in [1.165, 1.54) is 6.42 Å². The summed E-state index contributed by atoms with van der Waals surface area (Å²) in [4.78, 5) is 6.88. The van der Waals surface area contributed by atoms with Gasteiger partial charge < -0.3 is 4.74 Å². The van der Waals surface area contributed by atoms with E-state index in [1.54, 1.807) is 11.3 Å². The Hall–Kier alpha value is -0.960. The number of rotatable bonds is 4. The summed E-state index contributed by atoms with van der Waals surface area (Å²) >= 11 is 1.60. The molecule has 0 spiro atoms. The van der Waals surface area contributed by atoms with Gasteiger partial charge in [-0.15, -0.1) is 11.3 Å². The number of morpholine rings is 1. The molecule has 1 atom stereocenters. The van der Waals surface area contributed by atoms with Crippen molar-refractivity contribution >= 4 is 11.3 Å². The van der Waals surface area contributed by atoms with Crippen molar-refractivity contribution in [2.24, 2.45) is 0 Å². The Balaban J connectivity index is 1.98. The van der Waals surface area contributed by atoms with Crippen LogP contribution in [0.4, 0.5) is 0 Å². The minimum atomic E-state index is 0.0905. The fraction of sp³-hybridized carbons (Fsp3) is 0.667. The van der Waals surface area contributed by atoms with Crippen molar-refractivity contribution in [1.82, 2.24) is 9.88 Å². The molecule has 1 aromatic rings. The Morgan fingerprint density at radius 1 is 1.71 bits per heavy atom. The monoisotopic (exact) mass is 251 g/mol. The first-order chi connectivity index (χ1) is 8.33. The molecular formula is C12H17N3OS. The third-order valence-electron chi connectivity index (χ3n) is 2.80. The Kier molecular flexibility index (Phi) is 4.49. The van der Waals surface area contributed by atoms with Crippen LogP contribution in [-0.4, -0.2) is 36.1 Å². The lowest BCUT2D eigenvalue weighted by Gasteiger charge is -2.31. The maximum atomic E-state index is 8.63. The molecule has 4 nitrogen and oxygen atoms in total. The van der Waals surface area contributed by atoms with Crippen LogP contribution in [0.3, 0.4) is 0 Å². The first kappa shape index (κ1) is 12.5. The highest BCUT2D eigenvalue weighted by molar-refractivity contribution is 7.09. The Labute approximate surface area is 106 Å². The first-order valence-corrected chi connectivity index (χ1v) is 6.86. The maximum Gasteiger partial charge on any atom is 0.123 e. The fourth-order valence-corrected chi connectivity index (χ4v) is 2.86. The van der Waals surface area contributed by atoms with Crippen LogP contribution in [0.25, 0.3) is 0 Å². The standard InChI is InChI=1S/C12H17N3OS/c1-2-5-15-6-7-16-11(8-15)12-14-10(3-4-13)9-17-12/h9,11H,2-3,5-8H2,1H3. The zero-order valence-corrected chi connectivity index (χ0v) is 10.9. The molecule has 0 radical (unpaired) electrons. The van der Waals surface area contributed by atoms with Crippen molar-refractivity contribution in [3.63, 3.8) is 0 Å². The van der Waals surface area contributed by atoms with E-state index in [1.807, 2.05) is 5.38 Å². The van der Waals surface area contributed by atoms with Gasteiger partial charge in [-0.2, -0.15) is 5.26 Å². The molecule has 1 aromatic heterocycles. The molecule has 92 valence electrons. The van der Waals surface area contributed by atoms with Crippen LogP contribution < -0.4 is 0 Å². The van der Waals surface area contributed by atoms with Crippen LogP contribution in [0, 0.1) is 11.3 Å². The van der Waals surface area contributed by atoms with E-state index >= 15 is 0 Å². The van der Waals surface area contributed by atoms with Gasteiger partial charge in [0.15, 0.2) is 0 Å². The molecule has 0 saturated carbocycles. The summed E-state index contributed by atoms with van der Waals surface area (Å²) in [5.74, 6) is 0. The lowest BCUT2D eigenvalue weighted by Crippen LogP contribution is -2.38. The molecule has 0 aliphatic carbocycles. The Morgan fingerprint density at radius 3 is 3.35 bits per heavy atom. The molecule has 0 N–H and O–H groups in total. The third-order valence-corrected chi connectivity index (χ3v) is 3.78. The second-order valence-corrected chi connectivity index (χ2v) is 5.06. The summed E-state index contributed by atoms with van der Waals surface area (Å²) < 4.78 is 5.76. The van der Waals surface area contributed by atoms with Crippen LogP contribution in [0.5, 0.6) is 0 Å². The van der Waals surface area contributed by atoms with Gasteiger partial charge >= 0.3 is 0 Å². The first-order valence-electron chi connectivity index (χ1n) is 5.98. The average molecular weight is 251 g/mol. The predicted octanol–water partition coefficient (Wildman–Crippen LogP) is 1.99. The van der Waals surface area contributed by atoms with E-state index in [9.17, 15) is 0 Å². The molecule has 1 unspecified atom stereocenters. The Bertz CT molecular complexity index is 397. The number of nitriles is 1. The molecule has 17 heavy (non-hydrogen) atoms. The zero-order valence-electron chi connectivity index (χ0n) is 10.1. The number of hydrogen-bond acceptors (Lipinski definition) is 5. The molecule has 1 saturated heterocycles. The number of thiazole rings is 1. The molecule has 0 aromatic carbocycles. The summed E-state index contributed by atoms with van der Waals surface area (Å²) in [6.45, 7) is 6.03. The van der Waals surface area contributed by atoms with Crippen molar-refractivity contribution in [3.05, 3.63) is 16.1 Å². The van der Waals surface area contributed by atoms with Crippen LogP contribution in [0.2, 0.25) is 0 Å². The summed E-state index contributed by atoms with van der Waals surface area (Å²) in [5, 5.41) is 11.6. The number of aromatic nitrogens is 1. The van der Waals surface area contributed by atoms with Gasteiger partial charge in [0.25, 0.3) is 0 Å². The summed E-state index contributed by atoms with van der Waals surface area (Å²) in [6.07, 6.45) is 1.65. The molecule has 1 fully saturated rings. The molecule has 5 heteroatoms. The maximum absolute atomic E-state index is 8.63. The summed E-state index contributed by atoms with van der Waals surface area (Å²) in [7, 11) is 0. The fourth-order valence-electron chi connectivity index (χ4n) is 2.00. The van der Waals surface area contributed by atoms with Crippen molar-refractivity contribution in [1.29, 1.82) is 5.26 Å². The lowest BCUT2D eigenvalue weighted by atomic mass is 10.2. The third kappa shape index (κ3) is 3.25. The molecule has 1 aliphatic heterocycles. The van der Waals surface area contributed by atoms with Crippen LogP contribution in [0.1, 0.15) is 30.2 Å². The van der Waals surface area contributed by atoms with Gasteiger partial charge in [0, 0.05) is 18.5 Å². The molecule has 2 heterocycles. The van der Waals surface area contributed by atoms with Gasteiger partial charge in [0.1, 0.15) is 11.1 Å². The Morgan fingerprint density at radius 2 is 2.59 bits per heavy atom. The average Bonchev–Trinajstić information content (AvgIpc) is 2.79. The van der Waals surface area contributed by atoms with E-state index in [4.69, 9.17) is 10.00 Å². The lowest BCUT2D eigenvalue weighted by molar-refractivity contribution is -0.0299. The van der Waals surface area contributed by atoms with Crippen LogP contribution in [0.15, 0.2) is 5.38 Å². The van der Waals surface area contributed by atoms with Crippen molar-refractivity contribution in [2.45, 2.75) is 25.9 Å². The molecular weight excluding hydrogens is 234 g/mol. The summed E-state index contributed by atoms with van der Waals surface area (Å²) in [5.41, 5.74) is 0.865. The van der Waals surface area contributed by atoms with Crippen molar-refractivity contribution in [2.75, 3.05) is 26.2 Å². The molecule has 0 bridgehead atoms. The molecule has 0 amide bonds. The van der Waals surface area contributed by atoms with Gasteiger partial charge in [-0.3, -0.25) is 4.90 Å². The normalized spacial score (nSPS) is 21.3. The van der Waals surface area contributed by atoms with Crippen molar-refractivity contribution in [3.8, 4) is 6.07 Å². The van der Waals surface area contributed by atoms with E-state index in [-0.39, 0.29) is 6.10 Å². The SMILES string of the molecule is CCCN1CCOC(c2nc(CC#N)cs2)C1. The quantitative estimate of drug-likeness (QED) is 0.821. The number of ether oxygens (including phenoxy) is 1. The highest BCUT2D eigenvalue weighted by Gasteiger charge is 2.23. The van der Waals surface area contributed by atoms with Crippen LogP contribution >= 0.6 is 11.3 Å². The van der Waals surface area contributed by atoms with E-state index < -0.39 is 0 Å². The highest BCUT2D eigenvalue weighted by atomic mass is 32.1. The second-order valence-electron chi connectivity index (χ2n) is 4.17. The van der Waals surface area contributed by atoms with Gasteiger partial charge in [0.05, 0.1) is 24.8 Å². The predicted molar refractivity (Wildman–Crippen MR) is 66.9 cm³/mol. The molecule has 2 rings (SSSR count). The van der Waals surface area contributed by atoms with Gasteiger partial charge in [-0.05, 0) is 13.0 Å². The largest absolute Gasteiger partial charge is 0.368 e. The van der Waals surface area contributed by atoms with Gasteiger partial charge in [-0.25, -0.2) is 4.98 Å². The van der Waals surface area contributed by atoms with Gasteiger partial charge in [0.2, 0.25) is 0 Å². The van der Waals surface area contributed by atoms with Crippen molar-refractivity contribution < 1.29 is 4.74 Å². The number of hydrogen-bond donors (Lipinski definition) is 0. The van der Waals surface area contributed by atoms with Crippen LogP contribution in [-0.2, 0) is 11.2 Å². The smallest absolute Gasteiger partial charge is 0.123 e. The van der Waals surface area contributed by atoms with E-state index in [0.29, 0.717) is 6.42 Å². The second kappa shape index (κ2) is 6.10. The molecule has 1 aliphatic rings. The highest BCUT2D eigenvalue weighted by Crippen LogP contribution is 2.25. The van der Waals surface area contributed by atoms with E-state index in [0.717, 1.165) is 36.9 Å². The number of nitrogens with zero attached hydrogens (tertiary/aromatic N) is 3. The zero-order chi connectivity index (χ0) is 12.1.